The van der Waals surface area contributed by atoms with Gasteiger partial charge in [-0.25, -0.2) is 4.39 Å². The number of halogens is 1. The summed E-state index contributed by atoms with van der Waals surface area (Å²) >= 11 is 0. The van der Waals surface area contributed by atoms with E-state index in [9.17, 15) is 9.18 Å². The van der Waals surface area contributed by atoms with Crippen LogP contribution in [0.5, 0.6) is 0 Å². The van der Waals surface area contributed by atoms with Crippen LogP contribution in [0.25, 0.3) is 0 Å². The fraction of sp³-hybridized carbons (Fsp3) is 0.375. The van der Waals surface area contributed by atoms with Crippen molar-refractivity contribution < 1.29 is 9.18 Å². The molecule has 1 amide bonds. The lowest BCUT2D eigenvalue weighted by Gasteiger charge is -2.17. The number of benzene rings is 1. The van der Waals surface area contributed by atoms with Gasteiger partial charge in [0.25, 0.3) is 0 Å². The maximum absolute atomic E-state index is 13.6. The minimum Gasteiger partial charge on any atom is -0.326 e. The highest BCUT2D eigenvalue weighted by atomic mass is 19.1. The van der Waals surface area contributed by atoms with Gasteiger partial charge >= 0.3 is 0 Å². The third kappa shape index (κ3) is 2.87. The molecule has 1 aromatic carbocycles. The number of carbonyl (C=O) groups is 1. The van der Waals surface area contributed by atoms with Crippen molar-refractivity contribution in [2.24, 2.45) is 13.0 Å². The molecule has 2 heterocycles. The minimum atomic E-state index is -0.314. The van der Waals surface area contributed by atoms with E-state index in [2.05, 4.69) is 15.7 Å². The predicted octanol–water partition coefficient (Wildman–Crippen LogP) is 1.81. The predicted molar refractivity (Wildman–Crippen MR) is 82.1 cm³/mol. The Bertz CT molecular complexity index is 697. The zero-order valence-corrected chi connectivity index (χ0v) is 12.6. The summed E-state index contributed by atoms with van der Waals surface area (Å²) in [5.41, 5.74) is 2.10. The molecule has 1 aromatic heterocycles. The van der Waals surface area contributed by atoms with Crippen molar-refractivity contribution in [1.29, 1.82) is 0 Å². The molecule has 1 aliphatic rings. The Morgan fingerprint density at radius 2 is 2.27 bits per heavy atom. The van der Waals surface area contributed by atoms with Gasteiger partial charge < -0.3 is 10.6 Å². The van der Waals surface area contributed by atoms with Crippen LogP contribution in [0.4, 0.5) is 10.1 Å². The van der Waals surface area contributed by atoms with E-state index in [1.54, 1.807) is 29.9 Å². The van der Waals surface area contributed by atoms with Gasteiger partial charge in [0, 0.05) is 37.9 Å². The van der Waals surface area contributed by atoms with Gasteiger partial charge in [0.15, 0.2) is 0 Å². The van der Waals surface area contributed by atoms with Crippen molar-refractivity contribution >= 4 is 11.6 Å². The first-order valence-electron chi connectivity index (χ1n) is 7.31. The molecule has 2 N–H and O–H groups in total. The molecule has 1 saturated heterocycles. The highest BCUT2D eigenvalue weighted by Gasteiger charge is 2.34. The van der Waals surface area contributed by atoms with Crippen molar-refractivity contribution in [1.82, 2.24) is 15.1 Å². The van der Waals surface area contributed by atoms with Gasteiger partial charge in [-0.15, -0.1) is 0 Å². The number of anilines is 1. The molecule has 116 valence electrons. The highest BCUT2D eigenvalue weighted by molar-refractivity contribution is 5.93. The summed E-state index contributed by atoms with van der Waals surface area (Å²) < 4.78 is 15.3. The number of hydrogen-bond acceptors (Lipinski definition) is 3. The molecule has 0 unspecified atom stereocenters. The van der Waals surface area contributed by atoms with Crippen LogP contribution in [0.15, 0.2) is 30.6 Å². The van der Waals surface area contributed by atoms with E-state index in [0.717, 1.165) is 12.1 Å². The molecule has 22 heavy (non-hydrogen) atoms. The second-order valence-electron chi connectivity index (χ2n) is 5.77. The molecular formula is C16H19FN4O. The van der Waals surface area contributed by atoms with E-state index in [0.29, 0.717) is 17.8 Å². The number of aromatic nitrogens is 2. The largest absolute Gasteiger partial charge is 0.326 e. The van der Waals surface area contributed by atoms with Crippen LogP contribution >= 0.6 is 0 Å². The second kappa shape index (κ2) is 5.88. The molecule has 0 spiro atoms. The standard InChI is InChI=1S/C16H19FN4O/c1-10-3-4-12(5-15(10)17)20-16(22)14-8-18-7-13(14)11-6-19-21(2)9-11/h3-6,9,13-14,18H,7-8H2,1-2H3,(H,20,22)/t13-,14+/m1/s1. The summed E-state index contributed by atoms with van der Waals surface area (Å²) in [7, 11) is 1.86. The number of amides is 1. The normalized spacial score (nSPS) is 21.0. The number of hydrogen-bond donors (Lipinski definition) is 2. The Hall–Kier alpha value is -2.21. The molecule has 0 bridgehead atoms. The van der Waals surface area contributed by atoms with Crippen LogP contribution in [0.1, 0.15) is 17.0 Å². The van der Waals surface area contributed by atoms with Crippen LogP contribution in [-0.2, 0) is 11.8 Å². The van der Waals surface area contributed by atoms with Crippen LogP contribution in [0, 0.1) is 18.7 Å². The van der Waals surface area contributed by atoms with Crippen molar-refractivity contribution in [3.05, 3.63) is 47.5 Å². The average molecular weight is 302 g/mol. The fourth-order valence-corrected chi connectivity index (χ4v) is 2.84. The Morgan fingerprint density at radius 3 is 2.95 bits per heavy atom. The van der Waals surface area contributed by atoms with Gasteiger partial charge in [-0.2, -0.15) is 5.10 Å². The molecule has 1 aliphatic heterocycles. The van der Waals surface area contributed by atoms with E-state index in [1.807, 2.05) is 13.2 Å². The summed E-state index contributed by atoms with van der Waals surface area (Å²) in [6.45, 7) is 3.05. The van der Waals surface area contributed by atoms with E-state index in [-0.39, 0.29) is 23.6 Å². The first kappa shape index (κ1) is 14.7. The number of nitrogens with zero attached hydrogens (tertiary/aromatic N) is 2. The van der Waals surface area contributed by atoms with Gasteiger partial charge in [-0.3, -0.25) is 9.48 Å². The maximum Gasteiger partial charge on any atom is 0.229 e. The smallest absolute Gasteiger partial charge is 0.229 e. The zero-order valence-electron chi connectivity index (χ0n) is 12.6. The third-order valence-electron chi connectivity index (χ3n) is 4.14. The van der Waals surface area contributed by atoms with Gasteiger partial charge in [0.2, 0.25) is 5.91 Å². The molecule has 1 fully saturated rings. The highest BCUT2D eigenvalue weighted by Crippen LogP contribution is 2.29. The molecule has 0 radical (unpaired) electrons. The SMILES string of the molecule is Cc1ccc(NC(=O)[C@H]2CNC[C@@H]2c2cnn(C)c2)cc1F. The van der Waals surface area contributed by atoms with Gasteiger partial charge in [0.05, 0.1) is 12.1 Å². The summed E-state index contributed by atoms with van der Waals surface area (Å²) in [6, 6.07) is 4.74. The van der Waals surface area contributed by atoms with Crippen LogP contribution in [-0.4, -0.2) is 28.8 Å². The van der Waals surface area contributed by atoms with Gasteiger partial charge in [-0.1, -0.05) is 6.07 Å². The molecular weight excluding hydrogens is 283 g/mol. The first-order chi connectivity index (χ1) is 10.5. The van der Waals surface area contributed by atoms with Crippen molar-refractivity contribution in [3.8, 4) is 0 Å². The Balaban J connectivity index is 1.74. The number of aryl methyl sites for hydroxylation is 2. The molecule has 2 aromatic rings. The molecule has 0 saturated carbocycles. The molecule has 3 rings (SSSR count). The minimum absolute atomic E-state index is 0.0870. The quantitative estimate of drug-likeness (QED) is 0.909. The van der Waals surface area contributed by atoms with Crippen LogP contribution < -0.4 is 10.6 Å². The third-order valence-corrected chi connectivity index (χ3v) is 4.14. The van der Waals surface area contributed by atoms with E-state index >= 15 is 0 Å². The summed E-state index contributed by atoms with van der Waals surface area (Å²) in [6.07, 6.45) is 3.73. The summed E-state index contributed by atoms with van der Waals surface area (Å²) in [5.74, 6) is -0.508. The van der Waals surface area contributed by atoms with Crippen molar-refractivity contribution in [2.45, 2.75) is 12.8 Å². The molecule has 2 atom stereocenters. The number of carbonyl (C=O) groups excluding carboxylic acids is 1. The monoisotopic (exact) mass is 302 g/mol. The lowest BCUT2D eigenvalue weighted by molar-refractivity contribution is -0.119. The molecule has 0 aliphatic carbocycles. The van der Waals surface area contributed by atoms with E-state index < -0.39 is 0 Å². The Kier molecular flexibility index (Phi) is 3.94. The lowest BCUT2D eigenvalue weighted by atomic mass is 9.90. The molecule has 6 heteroatoms. The van der Waals surface area contributed by atoms with E-state index in [1.165, 1.54) is 6.07 Å². The number of rotatable bonds is 3. The zero-order chi connectivity index (χ0) is 15.7. The topological polar surface area (TPSA) is 59.0 Å². The fourth-order valence-electron chi connectivity index (χ4n) is 2.84. The van der Waals surface area contributed by atoms with Crippen LogP contribution in [0.2, 0.25) is 0 Å². The maximum atomic E-state index is 13.6. The molecule has 5 nitrogen and oxygen atoms in total. The summed E-state index contributed by atoms with van der Waals surface area (Å²) in [5, 5.41) is 10.2. The van der Waals surface area contributed by atoms with Crippen molar-refractivity contribution in [2.75, 3.05) is 18.4 Å². The Labute approximate surface area is 128 Å². The first-order valence-corrected chi connectivity index (χ1v) is 7.31. The van der Waals surface area contributed by atoms with Crippen LogP contribution in [0.3, 0.4) is 0 Å². The number of nitrogens with one attached hydrogen (secondary N) is 2. The average Bonchev–Trinajstić information content (AvgIpc) is 3.11. The Morgan fingerprint density at radius 1 is 1.45 bits per heavy atom. The van der Waals surface area contributed by atoms with Gasteiger partial charge in [-0.05, 0) is 30.2 Å². The van der Waals surface area contributed by atoms with Crippen molar-refractivity contribution in [3.63, 3.8) is 0 Å². The summed E-state index contributed by atoms with van der Waals surface area (Å²) in [4.78, 5) is 12.5. The lowest BCUT2D eigenvalue weighted by Crippen LogP contribution is -2.28. The van der Waals surface area contributed by atoms with E-state index in [4.69, 9.17) is 0 Å². The van der Waals surface area contributed by atoms with Gasteiger partial charge in [0.1, 0.15) is 5.82 Å². The second-order valence-corrected chi connectivity index (χ2v) is 5.77.